The predicted octanol–water partition coefficient (Wildman–Crippen LogP) is 2.83. The van der Waals surface area contributed by atoms with Crippen LogP contribution in [0.15, 0.2) is 41.9 Å². The number of aromatic nitrogens is 1. The molecule has 3 rings (SSSR count). The fraction of sp³-hybridized carbons (Fsp3) is 0.214. The van der Waals surface area contributed by atoms with Gasteiger partial charge in [0.05, 0.1) is 6.20 Å². The Morgan fingerprint density at radius 2 is 2.12 bits per heavy atom. The first-order valence-corrected chi connectivity index (χ1v) is 6.70. The van der Waals surface area contributed by atoms with Gasteiger partial charge in [-0.05, 0) is 18.6 Å². The highest BCUT2D eigenvalue weighted by Crippen LogP contribution is 2.23. The third-order valence-corrected chi connectivity index (χ3v) is 4.17. The largest absolute Gasteiger partial charge is 0.341 e. The highest BCUT2D eigenvalue weighted by atomic mass is 32.1. The molecule has 3 heteroatoms. The van der Waals surface area contributed by atoms with Crippen LogP contribution in [0.4, 0.5) is 5.13 Å². The number of nitrogens with zero attached hydrogens (tertiary/aromatic N) is 2. The fourth-order valence-corrected chi connectivity index (χ4v) is 3.15. The molecule has 1 aliphatic rings. The molecule has 0 atom stereocenters. The summed E-state index contributed by atoms with van der Waals surface area (Å²) in [6.45, 7) is 4.35. The zero-order chi connectivity index (χ0) is 11.7. The molecule has 1 aromatic carbocycles. The summed E-state index contributed by atoms with van der Waals surface area (Å²) in [6, 6.07) is 10.4. The Bertz CT molecular complexity index is 543. The first-order valence-electron chi connectivity index (χ1n) is 5.82. The highest BCUT2D eigenvalue weighted by Gasteiger charge is 2.28. The van der Waals surface area contributed by atoms with E-state index in [1.54, 1.807) is 0 Å². The molecule has 0 spiro atoms. The first-order chi connectivity index (χ1) is 8.34. The maximum Gasteiger partial charge on any atom is 0.341 e. The van der Waals surface area contributed by atoms with Crippen LogP contribution in [0.5, 0.6) is 0 Å². The van der Waals surface area contributed by atoms with E-state index in [0.29, 0.717) is 0 Å². The minimum atomic E-state index is 1.08. The summed E-state index contributed by atoms with van der Waals surface area (Å²) in [6.07, 6.45) is 4.36. The van der Waals surface area contributed by atoms with Gasteiger partial charge in [-0.3, -0.25) is 0 Å². The zero-order valence-corrected chi connectivity index (χ0v) is 10.7. The lowest BCUT2D eigenvalue weighted by Gasteiger charge is -2.00. The van der Waals surface area contributed by atoms with E-state index in [0.717, 1.165) is 13.1 Å². The van der Waals surface area contributed by atoms with Crippen molar-refractivity contribution in [2.24, 2.45) is 0 Å². The van der Waals surface area contributed by atoms with E-state index in [9.17, 15) is 0 Å². The average Bonchev–Trinajstić information content (AvgIpc) is 2.92. The summed E-state index contributed by atoms with van der Waals surface area (Å²) in [5, 5.41) is 3.56. The van der Waals surface area contributed by atoms with Crippen LogP contribution >= 0.6 is 11.3 Å². The van der Waals surface area contributed by atoms with Gasteiger partial charge in [0, 0.05) is 5.38 Å². The molecule has 2 aromatic rings. The predicted molar refractivity (Wildman–Crippen MR) is 72.1 cm³/mol. The lowest BCUT2D eigenvalue weighted by Crippen LogP contribution is -2.31. The molecule has 1 aliphatic heterocycles. The summed E-state index contributed by atoms with van der Waals surface area (Å²) in [4.78, 5) is 2.32. The van der Waals surface area contributed by atoms with E-state index in [1.165, 1.54) is 16.4 Å². The zero-order valence-electron chi connectivity index (χ0n) is 9.84. The maximum atomic E-state index is 2.38. The normalized spacial score (nSPS) is 14.5. The van der Waals surface area contributed by atoms with E-state index in [-0.39, 0.29) is 0 Å². The van der Waals surface area contributed by atoms with Crippen molar-refractivity contribution in [3.8, 4) is 0 Å². The van der Waals surface area contributed by atoms with Crippen LogP contribution in [-0.4, -0.2) is 6.54 Å². The van der Waals surface area contributed by atoms with Gasteiger partial charge in [0.15, 0.2) is 0 Å². The van der Waals surface area contributed by atoms with Gasteiger partial charge in [0.2, 0.25) is 0 Å². The van der Waals surface area contributed by atoms with Crippen molar-refractivity contribution < 1.29 is 4.57 Å². The summed E-state index contributed by atoms with van der Waals surface area (Å²) in [5.41, 5.74) is 2.61. The lowest BCUT2D eigenvalue weighted by molar-refractivity contribution is -0.672. The number of hydrogen-bond donors (Lipinski definition) is 0. The third-order valence-electron chi connectivity index (χ3n) is 3.05. The summed E-state index contributed by atoms with van der Waals surface area (Å²) in [5.74, 6) is 0. The quantitative estimate of drug-likeness (QED) is 0.736. The summed E-state index contributed by atoms with van der Waals surface area (Å²) in [7, 11) is 0. The van der Waals surface area contributed by atoms with Gasteiger partial charge in [0.25, 0.3) is 0 Å². The summed E-state index contributed by atoms with van der Waals surface area (Å²) < 4.78 is 2.38. The molecule has 0 saturated carbocycles. The standard InChI is InChI=1S/C14H15N2S/c1-12-11-17-14-15(9-10-16(12)14)8-7-13-5-3-2-4-6-13/h2-8,11H,9-10H2,1H3/q+1/b8-7+. The van der Waals surface area contributed by atoms with Crippen LogP contribution in [0.1, 0.15) is 11.3 Å². The van der Waals surface area contributed by atoms with Crippen molar-refractivity contribution in [2.75, 3.05) is 11.4 Å². The van der Waals surface area contributed by atoms with Crippen molar-refractivity contribution in [1.82, 2.24) is 0 Å². The van der Waals surface area contributed by atoms with E-state index in [4.69, 9.17) is 0 Å². The topological polar surface area (TPSA) is 7.12 Å². The second-order valence-corrected chi connectivity index (χ2v) is 5.07. The Balaban J connectivity index is 1.82. The van der Waals surface area contributed by atoms with E-state index in [2.05, 4.69) is 58.3 Å². The molecule has 0 fully saturated rings. The number of anilines is 1. The van der Waals surface area contributed by atoms with Crippen LogP contribution in [0.3, 0.4) is 0 Å². The van der Waals surface area contributed by atoms with Gasteiger partial charge in [-0.1, -0.05) is 41.7 Å². The number of aryl methyl sites for hydroxylation is 1. The van der Waals surface area contributed by atoms with Crippen molar-refractivity contribution in [3.63, 3.8) is 0 Å². The average molecular weight is 243 g/mol. The fourth-order valence-electron chi connectivity index (χ4n) is 2.09. The van der Waals surface area contributed by atoms with Gasteiger partial charge in [-0.15, -0.1) is 0 Å². The first kappa shape index (κ1) is 10.5. The number of thiazole rings is 1. The highest BCUT2D eigenvalue weighted by molar-refractivity contribution is 7.13. The Hall–Kier alpha value is -1.61. The number of fused-ring (bicyclic) bond motifs is 1. The number of benzene rings is 1. The minimum absolute atomic E-state index is 1.08. The molecule has 1 aromatic heterocycles. The molecule has 0 saturated heterocycles. The second kappa shape index (κ2) is 4.34. The number of rotatable bonds is 2. The van der Waals surface area contributed by atoms with Crippen molar-refractivity contribution >= 4 is 22.5 Å². The van der Waals surface area contributed by atoms with Crippen LogP contribution in [0, 0.1) is 6.92 Å². The molecular formula is C14H15N2S+. The smallest absolute Gasteiger partial charge is 0.221 e. The number of hydrogen-bond acceptors (Lipinski definition) is 2. The third kappa shape index (κ3) is 1.98. The molecule has 0 bridgehead atoms. The van der Waals surface area contributed by atoms with Crippen LogP contribution in [0.25, 0.3) is 6.08 Å². The molecule has 2 nitrogen and oxygen atoms in total. The van der Waals surface area contributed by atoms with Gasteiger partial charge in [-0.2, -0.15) is 0 Å². The molecule has 0 N–H and O–H groups in total. The van der Waals surface area contributed by atoms with Gasteiger partial charge in [0.1, 0.15) is 18.8 Å². The van der Waals surface area contributed by atoms with Crippen LogP contribution in [-0.2, 0) is 6.54 Å². The monoisotopic (exact) mass is 243 g/mol. The molecule has 2 heterocycles. The molecule has 0 amide bonds. The maximum absolute atomic E-state index is 2.38. The Kier molecular flexibility index (Phi) is 2.69. The second-order valence-electron chi connectivity index (χ2n) is 4.23. The van der Waals surface area contributed by atoms with Gasteiger partial charge < -0.3 is 0 Å². The minimum Gasteiger partial charge on any atom is -0.221 e. The Morgan fingerprint density at radius 3 is 2.94 bits per heavy atom. The molecule has 17 heavy (non-hydrogen) atoms. The van der Waals surface area contributed by atoms with Crippen LogP contribution in [0.2, 0.25) is 0 Å². The van der Waals surface area contributed by atoms with Crippen molar-refractivity contribution in [1.29, 1.82) is 0 Å². The molecule has 0 unspecified atom stereocenters. The van der Waals surface area contributed by atoms with E-state index >= 15 is 0 Å². The van der Waals surface area contributed by atoms with E-state index < -0.39 is 0 Å². The SMILES string of the molecule is Cc1csc2[n+]1CCN2/C=C/c1ccccc1. The van der Waals surface area contributed by atoms with Crippen molar-refractivity contribution in [2.45, 2.75) is 13.5 Å². The van der Waals surface area contributed by atoms with Gasteiger partial charge >= 0.3 is 5.13 Å². The molecular weight excluding hydrogens is 228 g/mol. The molecule has 0 aliphatic carbocycles. The van der Waals surface area contributed by atoms with Gasteiger partial charge in [-0.25, -0.2) is 9.47 Å². The lowest BCUT2D eigenvalue weighted by atomic mass is 10.2. The molecule has 86 valence electrons. The summed E-state index contributed by atoms with van der Waals surface area (Å²) >= 11 is 1.82. The Morgan fingerprint density at radius 1 is 1.29 bits per heavy atom. The van der Waals surface area contributed by atoms with Crippen LogP contribution < -0.4 is 9.47 Å². The van der Waals surface area contributed by atoms with Crippen molar-refractivity contribution in [3.05, 3.63) is 53.2 Å². The molecule has 0 radical (unpaired) electrons. The Labute approximate surface area is 105 Å². The van der Waals surface area contributed by atoms with E-state index in [1.807, 2.05) is 17.4 Å².